The Labute approximate surface area is 72.8 Å². The minimum atomic E-state index is 0.647. The molecule has 1 rings (SSSR count). The molecular formula is C10H13O2. The number of hydrogen-bond acceptors (Lipinski definition) is 2. The Morgan fingerprint density at radius 2 is 2.17 bits per heavy atom. The van der Waals surface area contributed by atoms with Gasteiger partial charge in [-0.3, -0.25) is 0 Å². The molecule has 1 radical (unpaired) electrons. The second-order valence-corrected chi connectivity index (χ2v) is 2.64. The molecule has 0 bridgehead atoms. The Morgan fingerprint density at radius 3 is 2.75 bits per heavy atom. The summed E-state index contributed by atoms with van der Waals surface area (Å²) in [5, 5.41) is 8.77. The van der Waals surface area contributed by atoms with Crippen LogP contribution >= 0.6 is 0 Å². The molecule has 1 aromatic carbocycles. The second-order valence-electron chi connectivity index (χ2n) is 2.64. The molecule has 1 aromatic rings. The van der Waals surface area contributed by atoms with Gasteiger partial charge in [-0.2, -0.15) is 0 Å². The number of aliphatic hydroxyl groups is 1. The van der Waals surface area contributed by atoms with Crippen LogP contribution in [0.4, 0.5) is 0 Å². The van der Waals surface area contributed by atoms with Gasteiger partial charge in [0.1, 0.15) is 12.4 Å². The summed E-state index contributed by atoms with van der Waals surface area (Å²) in [6.07, 6.45) is 0. The van der Waals surface area contributed by atoms with Crippen molar-refractivity contribution < 1.29 is 9.84 Å². The summed E-state index contributed by atoms with van der Waals surface area (Å²) in [5.41, 5.74) is 1.86. The lowest BCUT2D eigenvalue weighted by Crippen LogP contribution is -1.93. The molecule has 0 aromatic heterocycles. The smallest absolute Gasteiger partial charge is 0.119 e. The summed E-state index contributed by atoms with van der Waals surface area (Å²) in [6.45, 7) is 5.63. The van der Waals surface area contributed by atoms with Gasteiger partial charge in [-0.05, 0) is 37.1 Å². The van der Waals surface area contributed by atoms with Crippen molar-refractivity contribution in [2.75, 3.05) is 6.61 Å². The molecule has 0 aliphatic heterocycles. The maximum absolute atomic E-state index is 8.77. The van der Waals surface area contributed by atoms with Gasteiger partial charge in [0, 0.05) is 0 Å². The van der Waals surface area contributed by atoms with Crippen molar-refractivity contribution >= 4 is 0 Å². The van der Waals surface area contributed by atoms with E-state index in [1.165, 1.54) is 0 Å². The summed E-state index contributed by atoms with van der Waals surface area (Å²) < 4.78 is 5.30. The second kappa shape index (κ2) is 4.12. The third kappa shape index (κ3) is 2.24. The van der Waals surface area contributed by atoms with Gasteiger partial charge in [0.15, 0.2) is 0 Å². The van der Waals surface area contributed by atoms with Crippen LogP contribution in [0, 0.1) is 13.5 Å². The zero-order valence-electron chi connectivity index (χ0n) is 7.37. The van der Waals surface area contributed by atoms with Crippen molar-refractivity contribution in [3.63, 3.8) is 0 Å². The molecule has 0 atom stereocenters. The van der Waals surface area contributed by atoms with Gasteiger partial charge in [0.05, 0.1) is 6.61 Å². The van der Waals surface area contributed by atoms with Crippen LogP contribution in [0.2, 0.25) is 0 Å². The highest BCUT2D eigenvalue weighted by molar-refractivity contribution is 5.36. The van der Waals surface area contributed by atoms with Crippen LogP contribution in [0.1, 0.15) is 18.1 Å². The van der Waals surface area contributed by atoms with Crippen LogP contribution in [-0.4, -0.2) is 11.7 Å². The van der Waals surface area contributed by atoms with E-state index in [1.54, 1.807) is 6.07 Å². The molecule has 0 saturated carbocycles. The van der Waals surface area contributed by atoms with Crippen LogP contribution in [0.5, 0.6) is 5.75 Å². The molecule has 65 valence electrons. The predicted octanol–water partition coefficient (Wildman–Crippen LogP) is 2.28. The first-order valence-corrected chi connectivity index (χ1v) is 3.98. The van der Waals surface area contributed by atoms with Crippen LogP contribution in [-0.2, 0) is 0 Å². The van der Waals surface area contributed by atoms with Gasteiger partial charge in [0.25, 0.3) is 0 Å². The van der Waals surface area contributed by atoms with E-state index in [1.807, 2.05) is 26.0 Å². The molecule has 12 heavy (non-hydrogen) atoms. The Morgan fingerprint density at radius 1 is 1.42 bits per heavy atom. The molecular weight excluding hydrogens is 152 g/mol. The zero-order chi connectivity index (χ0) is 8.97. The fraction of sp³-hybridized carbons (Fsp3) is 0.300. The number of aryl methyl sites for hydroxylation is 1. The number of aliphatic hydroxyl groups excluding tert-OH is 1. The monoisotopic (exact) mass is 165 g/mol. The topological polar surface area (TPSA) is 29.5 Å². The van der Waals surface area contributed by atoms with E-state index in [-0.39, 0.29) is 0 Å². The molecule has 0 aliphatic carbocycles. The third-order valence-corrected chi connectivity index (χ3v) is 1.53. The Bertz CT molecular complexity index is 256. The van der Waals surface area contributed by atoms with E-state index in [4.69, 9.17) is 9.84 Å². The van der Waals surface area contributed by atoms with Crippen molar-refractivity contribution in [1.29, 1.82) is 0 Å². The van der Waals surface area contributed by atoms with Gasteiger partial charge in [0.2, 0.25) is 0 Å². The van der Waals surface area contributed by atoms with E-state index in [0.717, 1.165) is 23.5 Å². The lowest BCUT2D eigenvalue weighted by Gasteiger charge is -2.05. The molecule has 0 amide bonds. The van der Waals surface area contributed by atoms with E-state index < -0.39 is 0 Å². The fourth-order valence-electron chi connectivity index (χ4n) is 1.10. The van der Waals surface area contributed by atoms with Gasteiger partial charge in [-0.15, -0.1) is 0 Å². The Kier molecular flexibility index (Phi) is 3.11. The Hall–Kier alpha value is -1.02. The third-order valence-electron chi connectivity index (χ3n) is 1.53. The maximum Gasteiger partial charge on any atom is 0.119 e. The van der Waals surface area contributed by atoms with Crippen LogP contribution in [0.15, 0.2) is 18.2 Å². The number of ether oxygens (including phenoxy) is 1. The summed E-state index contributed by atoms with van der Waals surface area (Å²) in [6, 6.07) is 5.63. The van der Waals surface area contributed by atoms with Gasteiger partial charge in [-0.25, -0.2) is 0 Å². The molecule has 0 aliphatic rings. The van der Waals surface area contributed by atoms with Gasteiger partial charge < -0.3 is 9.84 Å². The first kappa shape index (κ1) is 9.07. The van der Waals surface area contributed by atoms with Crippen molar-refractivity contribution in [2.24, 2.45) is 0 Å². The van der Waals surface area contributed by atoms with E-state index >= 15 is 0 Å². The maximum atomic E-state index is 8.77. The molecule has 0 saturated heterocycles. The van der Waals surface area contributed by atoms with Crippen molar-refractivity contribution in [2.45, 2.75) is 13.8 Å². The van der Waals surface area contributed by atoms with E-state index in [9.17, 15) is 0 Å². The number of benzene rings is 1. The number of rotatable bonds is 3. The molecule has 0 fully saturated rings. The van der Waals surface area contributed by atoms with Crippen LogP contribution in [0.3, 0.4) is 0 Å². The van der Waals surface area contributed by atoms with E-state index in [2.05, 4.69) is 0 Å². The zero-order valence-corrected chi connectivity index (χ0v) is 7.37. The summed E-state index contributed by atoms with van der Waals surface area (Å²) in [4.78, 5) is 0. The largest absolute Gasteiger partial charge is 0.494 e. The minimum Gasteiger partial charge on any atom is -0.494 e. The standard InChI is InChI=1S/C10H13O2/c1-3-12-10-5-8(2)4-9(6-10)7-11/h4-7,11H,3H2,1-2H3. The van der Waals surface area contributed by atoms with E-state index in [0.29, 0.717) is 6.61 Å². The summed E-state index contributed by atoms with van der Waals surface area (Å²) >= 11 is 0. The lowest BCUT2D eigenvalue weighted by atomic mass is 10.1. The lowest BCUT2D eigenvalue weighted by molar-refractivity contribution is 0.339. The highest BCUT2D eigenvalue weighted by Gasteiger charge is 1.97. The van der Waals surface area contributed by atoms with Crippen molar-refractivity contribution in [1.82, 2.24) is 0 Å². The molecule has 2 heteroatoms. The first-order valence-electron chi connectivity index (χ1n) is 3.98. The molecule has 0 unspecified atom stereocenters. The van der Waals surface area contributed by atoms with Crippen molar-refractivity contribution in [3.05, 3.63) is 35.9 Å². The summed E-state index contributed by atoms with van der Waals surface area (Å²) in [7, 11) is 0. The number of hydrogen-bond donors (Lipinski definition) is 1. The van der Waals surface area contributed by atoms with Crippen molar-refractivity contribution in [3.8, 4) is 5.75 Å². The Balaban J connectivity index is 2.90. The highest BCUT2D eigenvalue weighted by Crippen LogP contribution is 2.17. The van der Waals surface area contributed by atoms with Crippen LogP contribution < -0.4 is 4.74 Å². The quantitative estimate of drug-likeness (QED) is 0.744. The molecule has 0 spiro atoms. The summed E-state index contributed by atoms with van der Waals surface area (Å²) in [5.74, 6) is 0.804. The van der Waals surface area contributed by atoms with Gasteiger partial charge in [-0.1, -0.05) is 6.07 Å². The normalized spacial score (nSPS) is 9.92. The molecule has 2 nitrogen and oxygen atoms in total. The van der Waals surface area contributed by atoms with Gasteiger partial charge >= 0.3 is 0 Å². The fourth-order valence-corrected chi connectivity index (χ4v) is 1.10. The molecule has 1 N–H and O–H groups in total. The molecule has 0 heterocycles. The SMILES string of the molecule is CCOc1cc(C)cc([CH]O)c1. The first-order chi connectivity index (χ1) is 5.76. The van der Waals surface area contributed by atoms with Crippen LogP contribution in [0.25, 0.3) is 0 Å². The highest BCUT2D eigenvalue weighted by atomic mass is 16.5. The average Bonchev–Trinajstić information content (AvgIpc) is 2.04. The predicted molar refractivity (Wildman–Crippen MR) is 47.7 cm³/mol. The minimum absolute atomic E-state index is 0.647. The average molecular weight is 165 g/mol.